The zero-order valence-electron chi connectivity index (χ0n) is 7.40. The number of rotatable bonds is 6. The van der Waals surface area contributed by atoms with E-state index >= 15 is 0 Å². The van der Waals surface area contributed by atoms with E-state index in [-0.39, 0.29) is 19.1 Å². The summed E-state index contributed by atoms with van der Waals surface area (Å²) in [5.74, 6) is -0.0527. The number of aliphatic hydroxyl groups excluding tert-OH is 2. The van der Waals surface area contributed by atoms with E-state index in [1.807, 2.05) is 11.8 Å². The van der Waals surface area contributed by atoms with Crippen molar-refractivity contribution < 1.29 is 10.2 Å². The molecular weight excluding hydrogens is 156 g/mol. The van der Waals surface area contributed by atoms with Crippen LogP contribution in [0.15, 0.2) is 0 Å². The molecule has 0 heterocycles. The molecule has 0 spiro atoms. The van der Waals surface area contributed by atoms with Gasteiger partial charge in [-0.3, -0.25) is 4.90 Å². The number of hydrogen-bond donors (Lipinski definition) is 2. The Kier molecular flexibility index (Phi) is 6.67. The van der Waals surface area contributed by atoms with E-state index in [4.69, 9.17) is 15.5 Å². The molecule has 0 aliphatic carbocycles. The first-order chi connectivity index (χ1) is 5.74. The molecule has 70 valence electrons. The topological polar surface area (TPSA) is 67.5 Å². The first kappa shape index (κ1) is 11.4. The Morgan fingerprint density at radius 1 is 1.33 bits per heavy atom. The summed E-state index contributed by atoms with van der Waals surface area (Å²) in [5.41, 5.74) is 0. The largest absolute Gasteiger partial charge is 0.395 e. The van der Waals surface area contributed by atoms with Gasteiger partial charge in [-0.15, -0.1) is 0 Å². The van der Waals surface area contributed by atoms with Crippen LogP contribution in [0, 0.1) is 17.2 Å². The minimum Gasteiger partial charge on any atom is -0.395 e. The van der Waals surface area contributed by atoms with Crippen molar-refractivity contribution >= 4 is 0 Å². The third kappa shape index (κ3) is 5.08. The third-order valence-corrected chi connectivity index (χ3v) is 1.58. The molecule has 1 unspecified atom stereocenters. The lowest BCUT2D eigenvalue weighted by Crippen LogP contribution is -2.33. The molecule has 4 heteroatoms. The lowest BCUT2D eigenvalue weighted by atomic mass is 10.2. The van der Waals surface area contributed by atoms with Crippen LogP contribution in [0.1, 0.15) is 6.92 Å². The molecule has 0 bridgehead atoms. The second-order valence-corrected chi connectivity index (χ2v) is 2.78. The molecule has 0 aliphatic rings. The number of aliphatic hydroxyl groups is 2. The van der Waals surface area contributed by atoms with Crippen molar-refractivity contribution in [2.24, 2.45) is 5.92 Å². The molecule has 0 aromatic rings. The molecule has 0 saturated heterocycles. The van der Waals surface area contributed by atoms with Crippen LogP contribution in [0.2, 0.25) is 0 Å². The van der Waals surface area contributed by atoms with E-state index in [1.54, 1.807) is 0 Å². The molecule has 12 heavy (non-hydrogen) atoms. The Morgan fingerprint density at radius 2 is 1.83 bits per heavy atom. The minimum absolute atomic E-state index is 0.0527. The fraction of sp³-hybridized carbons (Fsp3) is 0.875. The van der Waals surface area contributed by atoms with Gasteiger partial charge in [0.25, 0.3) is 0 Å². The Labute approximate surface area is 73.0 Å². The van der Waals surface area contributed by atoms with Gasteiger partial charge < -0.3 is 10.2 Å². The van der Waals surface area contributed by atoms with Crippen LogP contribution in [0.4, 0.5) is 0 Å². The predicted octanol–water partition coefficient (Wildman–Crippen LogP) is -0.567. The zero-order chi connectivity index (χ0) is 9.40. The summed E-state index contributed by atoms with van der Waals surface area (Å²) in [6.45, 7) is 3.61. The highest BCUT2D eigenvalue weighted by atomic mass is 16.3. The Balaban J connectivity index is 3.70. The van der Waals surface area contributed by atoms with Crippen molar-refractivity contribution in [1.29, 1.82) is 5.26 Å². The van der Waals surface area contributed by atoms with Crippen molar-refractivity contribution in [3.63, 3.8) is 0 Å². The van der Waals surface area contributed by atoms with Crippen LogP contribution in [-0.2, 0) is 0 Å². The second-order valence-electron chi connectivity index (χ2n) is 2.78. The molecule has 0 fully saturated rings. The van der Waals surface area contributed by atoms with Gasteiger partial charge in [0.15, 0.2) is 0 Å². The number of nitriles is 1. The summed E-state index contributed by atoms with van der Waals surface area (Å²) in [4.78, 5) is 1.87. The van der Waals surface area contributed by atoms with Crippen LogP contribution < -0.4 is 0 Å². The van der Waals surface area contributed by atoms with Gasteiger partial charge in [-0.05, 0) is 6.92 Å². The first-order valence-electron chi connectivity index (χ1n) is 4.08. The van der Waals surface area contributed by atoms with Gasteiger partial charge in [-0.2, -0.15) is 5.26 Å². The SMILES string of the molecule is CC(C#N)CN(CCO)CCO. The van der Waals surface area contributed by atoms with Crippen molar-refractivity contribution in [2.45, 2.75) is 6.92 Å². The molecule has 4 nitrogen and oxygen atoms in total. The highest BCUT2D eigenvalue weighted by Crippen LogP contribution is 1.97. The van der Waals surface area contributed by atoms with E-state index in [0.717, 1.165) is 0 Å². The van der Waals surface area contributed by atoms with E-state index < -0.39 is 0 Å². The lowest BCUT2D eigenvalue weighted by molar-refractivity contribution is 0.154. The molecule has 0 aliphatic heterocycles. The van der Waals surface area contributed by atoms with E-state index in [2.05, 4.69) is 6.07 Å². The van der Waals surface area contributed by atoms with E-state index in [0.29, 0.717) is 19.6 Å². The van der Waals surface area contributed by atoms with Crippen LogP contribution in [-0.4, -0.2) is 48.0 Å². The highest BCUT2D eigenvalue weighted by Gasteiger charge is 2.07. The standard InChI is InChI=1S/C8H16N2O2/c1-8(6-9)7-10(2-4-11)3-5-12/h8,11-12H,2-5,7H2,1H3. The molecule has 0 rings (SSSR count). The smallest absolute Gasteiger partial charge is 0.0666 e. The summed E-state index contributed by atoms with van der Waals surface area (Å²) < 4.78 is 0. The second kappa shape index (κ2) is 7.04. The van der Waals surface area contributed by atoms with E-state index in [9.17, 15) is 0 Å². The number of hydrogen-bond acceptors (Lipinski definition) is 4. The lowest BCUT2D eigenvalue weighted by Gasteiger charge is -2.20. The van der Waals surface area contributed by atoms with Gasteiger partial charge in [0.1, 0.15) is 0 Å². The predicted molar refractivity (Wildman–Crippen MR) is 45.4 cm³/mol. The van der Waals surface area contributed by atoms with Crippen LogP contribution in [0.5, 0.6) is 0 Å². The van der Waals surface area contributed by atoms with Crippen LogP contribution in [0.25, 0.3) is 0 Å². The van der Waals surface area contributed by atoms with Crippen LogP contribution in [0.3, 0.4) is 0 Å². The first-order valence-corrected chi connectivity index (χ1v) is 4.08. The monoisotopic (exact) mass is 172 g/mol. The van der Waals surface area contributed by atoms with Crippen molar-refractivity contribution in [1.82, 2.24) is 4.90 Å². The van der Waals surface area contributed by atoms with Gasteiger partial charge in [0.05, 0.1) is 25.2 Å². The maximum Gasteiger partial charge on any atom is 0.0666 e. The Bertz CT molecular complexity index is 138. The normalized spacial score (nSPS) is 12.9. The molecule has 0 amide bonds. The third-order valence-electron chi connectivity index (χ3n) is 1.58. The molecule has 1 atom stereocenters. The number of nitrogens with zero attached hydrogens (tertiary/aromatic N) is 2. The maximum absolute atomic E-state index is 8.64. The Hall–Kier alpha value is -0.630. The molecule has 0 saturated carbocycles. The van der Waals surface area contributed by atoms with Crippen molar-refractivity contribution in [3.05, 3.63) is 0 Å². The summed E-state index contributed by atoms with van der Waals surface area (Å²) in [6, 6.07) is 2.11. The highest BCUT2D eigenvalue weighted by molar-refractivity contribution is 4.81. The molecule has 0 aromatic heterocycles. The average molecular weight is 172 g/mol. The Morgan fingerprint density at radius 3 is 2.17 bits per heavy atom. The minimum atomic E-state index is -0.0527. The summed E-state index contributed by atoms with van der Waals surface area (Å²) in [7, 11) is 0. The van der Waals surface area contributed by atoms with Gasteiger partial charge in [-0.1, -0.05) is 0 Å². The summed E-state index contributed by atoms with van der Waals surface area (Å²) >= 11 is 0. The zero-order valence-corrected chi connectivity index (χ0v) is 7.40. The average Bonchev–Trinajstić information content (AvgIpc) is 2.05. The van der Waals surface area contributed by atoms with Gasteiger partial charge in [0.2, 0.25) is 0 Å². The van der Waals surface area contributed by atoms with E-state index in [1.165, 1.54) is 0 Å². The van der Waals surface area contributed by atoms with Crippen molar-refractivity contribution in [2.75, 3.05) is 32.8 Å². The summed E-state index contributed by atoms with van der Waals surface area (Å²) in [6.07, 6.45) is 0. The maximum atomic E-state index is 8.64. The fourth-order valence-electron chi connectivity index (χ4n) is 1.01. The van der Waals surface area contributed by atoms with Gasteiger partial charge in [0, 0.05) is 19.6 Å². The molecule has 0 radical (unpaired) electrons. The molecule has 2 N–H and O–H groups in total. The van der Waals surface area contributed by atoms with Crippen molar-refractivity contribution in [3.8, 4) is 6.07 Å². The summed E-state index contributed by atoms with van der Waals surface area (Å²) in [5, 5.41) is 25.8. The fourth-order valence-corrected chi connectivity index (χ4v) is 1.01. The quantitative estimate of drug-likeness (QED) is 0.563. The molecule has 0 aromatic carbocycles. The van der Waals surface area contributed by atoms with Gasteiger partial charge in [-0.25, -0.2) is 0 Å². The molecular formula is C8H16N2O2. The van der Waals surface area contributed by atoms with Gasteiger partial charge >= 0.3 is 0 Å². The van der Waals surface area contributed by atoms with Crippen LogP contribution >= 0.6 is 0 Å².